The van der Waals surface area contributed by atoms with Gasteiger partial charge in [-0.1, -0.05) is 0 Å². The molecule has 0 radical (unpaired) electrons. The number of ether oxygens (including phenoxy) is 1. The molecule has 0 aliphatic heterocycles. The summed E-state index contributed by atoms with van der Waals surface area (Å²) < 4.78 is 30.7. The first kappa shape index (κ1) is 11.0. The third-order valence-corrected chi connectivity index (χ3v) is 2.44. The van der Waals surface area contributed by atoms with Crippen LogP contribution in [0.15, 0.2) is 17.0 Å². The van der Waals surface area contributed by atoms with Crippen LogP contribution in [-0.4, -0.2) is 19.3 Å². The molecule has 0 saturated carbocycles. The highest BCUT2D eigenvalue weighted by atomic mass is 32.2. The van der Waals surface area contributed by atoms with E-state index in [2.05, 4.69) is 4.74 Å². The van der Waals surface area contributed by atoms with Crippen LogP contribution in [0.1, 0.15) is 10.4 Å². The molecule has 1 rings (SSSR count). The summed E-state index contributed by atoms with van der Waals surface area (Å²) in [6.45, 7) is 0. The van der Waals surface area contributed by atoms with Gasteiger partial charge in [-0.15, -0.1) is 11.8 Å². The minimum absolute atomic E-state index is 0.173. The first-order valence-electron chi connectivity index (χ1n) is 3.72. The zero-order valence-electron chi connectivity index (χ0n) is 7.64. The molecule has 0 amide bonds. The second-order valence-electron chi connectivity index (χ2n) is 2.43. The molecule has 0 N–H and O–H groups in total. The van der Waals surface area contributed by atoms with Gasteiger partial charge < -0.3 is 4.74 Å². The number of hydrogen-bond donors (Lipinski definition) is 0. The Morgan fingerprint density at radius 3 is 2.57 bits per heavy atom. The van der Waals surface area contributed by atoms with E-state index in [4.69, 9.17) is 0 Å². The van der Waals surface area contributed by atoms with Crippen molar-refractivity contribution in [3.63, 3.8) is 0 Å². The van der Waals surface area contributed by atoms with Crippen molar-refractivity contribution in [3.8, 4) is 0 Å². The highest BCUT2D eigenvalue weighted by Gasteiger charge is 2.18. The summed E-state index contributed by atoms with van der Waals surface area (Å²) in [7, 11) is 1.14. The monoisotopic (exact) mass is 218 g/mol. The molecule has 0 atom stereocenters. The number of carbonyl (C=O) groups is 1. The van der Waals surface area contributed by atoms with Gasteiger partial charge in [0.2, 0.25) is 0 Å². The van der Waals surface area contributed by atoms with Gasteiger partial charge in [0, 0.05) is 0 Å². The molecular formula is C9H8F2O2S. The molecule has 2 nitrogen and oxygen atoms in total. The summed E-state index contributed by atoms with van der Waals surface area (Å²) in [5.41, 5.74) is -0.252. The SMILES string of the molecule is COC(=O)c1ccc(F)c(SC)c1F. The minimum Gasteiger partial charge on any atom is -0.465 e. The molecule has 1 aromatic carbocycles. The lowest BCUT2D eigenvalue weighted by atomic mass is 10.2. The van der Waals surface area contributed by atoms with Gasteiger partial charge >= 0.3 is 5.97 Å². The topological polar surface area (TPSA) is 26.3 Å². The summed E-state index contributed by atoms with van der Waals surface area (Å²) in [6, 6.07) is 2.11. The van der Waals surface area contributed by atoms with E-state index in [1.165, 1.54) is 6.26 Å². The lowest BCUT2D eigenvalue weighted by Gasteiger charge is -2.05. The average molecular weight is 218 g/mol. The van der Waals surface area contributed by atoms with Crippen molar-refractivity contribution in [3.05, 3.63) is 29.3 Å². The van der Waals surface area contributed by atoms with Crippen LogP contribution in [0.25, 0.3) is 0 Å². The molecule has 5 heteroatoms. The Hall–Kier alpha value is -1.10. The fourth-order valence-corrected chi connectivity index (χ4v) is 1.54. The summed E-state index contributed by atoms with van der Waals surface area (Å²) in [4.78, 5) is 10.8. The van der Waals surface area contributed by atoms with Crippen LogP contribution in [-0.2, 0) is 4.74 Å². The molecule has 76 valence electrons. The molecule has 0 bridgehead atoms. The van der Waals surface area contributed by atoms with Crippen LogP contribution in [0.4, 0.5) is 8.78 Å². The third-order valence-electron chi connectivity index (χ3n) is 1.66. The highest BCUT2D eigenvalue weighted by molar-refractivity contribution is 7.98. The minimum atomic E-state index is -0.871. The van der Waals surface area contributed by atoms with Gasteiger partial charge in [-0.2, -0.15) is 0 Å². The summed E-state index contributed by atoms with van der Waals surface area (Å²) in [5, 5.41) is 0. The molecule has 0 spiro atoms. The fraction of sp³-hybridized carbons (Fsp3) is 0.222. The number of hydrogen-bond acceptors (Lipinski definition) is 3. The van der Waals surface area contributed by atoms with Gasteiger partial charge in [0.25, 0.3) is 0 Å². The fourth-order valence-electron chi connectivity index (χ4n) is 0.987. The maximum absolute atomic E-state index is 13.4. The van der Waals surface area contributed by atoms with E-state index in [9.17, 15) is 13.6 Å². The number of rotatable bonds is 2. The number of halogens is 2. The average Bonchev–Trinajstić information content (AvgIpc) is 2.18. The van der Waals surface area contributed by atoms with E-state index in [1.54, 1.807) is 0 Å². The van der Waals surface area contributed by atoms with E-state index >= 15 is 0 Å². The van der Waals surface area contributed by atoms with Crippen molar-refractivity contribution in [2.24, 2.45) is 0 Å². The van der Waals surface area contributed by atoms with Crippen LogP contribution in [0.3, 0.4) is 0 Å². The van der Waals surface area contributed by atoms with Crippen molar-refractivity contribution < 1.29 is 18.3 Å². The molecule has 0 aliphatic rings. The van der Waals surface area contributed by atoms with Gasteiger partial charge in [-0.3, -0.25) is 0 Å². The molecule has 0 saturated heterocycles. The molecule has 0 aromatic heterocycles. The van der Waals surface area contributed by atoms with E-state index in [-0.39, 0.29) is 10.5 Å². The molecule has 14 heavy (non-hydrogen) atoms. The van der Waals surface area contributed by atoms with Crippen LogP contribution < -0.4 is 0 Å². The van der Waals surface area contributed by atoms with Crippen molar-refractivity contribution >= 4 is 17.7 Å². The Balaban J connectivity index is 3.28. The predicted octanol–water partition coefficient (Wildman–Crippen LogP) is 2.47. The van der Waals surface area contributed by atoms with Crippen LogP contribution in [0, 0.1) is 11.6 Å². The largest absolute Gasteiger partial charge is 0.465 e. The third kappa shape index (κ3) is 1.87. The summed E-state index contributed by atoms with van der Waals surface area (Å²) >= 11 is 0.906. The number of esters is 1. The van der Waals surface area contributed by atoms with Crippen LogP contribution in [0.2, 0.25) is 0 Å². The van der Waals surface area contributed by atoms with E-state index in [1.807, 2.05) is 0 Å². The maximum atomic E-state index is 13.4. The van der Waals surface area contributed by atoms with Crippen molar-refractivity contribution in [1.29, 1.82) is 0 Å². The van der Waals surface area contributed by atoms with Crippen LogP contribution in [0.5, 0.6) is 0 Å². The molecule has 0 aliphatic carbocycles. The lowest BCUT2D eigenvalue weighted by molar-refractivity contribution is 0.0594. The van der Waals surface area contributed by atoms with E-state index in [0.29, 0.717) is 0 Å². The van der Waals surface area contributed by atoms with Gasteiger partial charge in [0.15, 0.2) is 5.82 Å². The second-order valence-corrected chi connectivity index (χ2v) is 3.25. The zero-order chi connectivity index (χ0) is 10.7. The molecule has 0 fully saturated rings. The molecular weight excluding hydrogens is 210 g/mol. The smallest absolute Gasteiger partial charge is 0.340 e. The van der Waals surface area contributed by atoms with Crippen LogP contribution >= 0.6 is 11.8 Å². The predicted molar refractivity (Wildman–Crippen MR) is 49.5 cm³/mol. The Morgan fingerprint density at radius 1 is 1.43 bits per heavy atom. The number of benzene rings is 1. The molecule has 0 unspecified atom stereocenters. The van der Waals surface area contributed by atoms with E-state index < -0.39 is 17.6 Å². The van der Waals surface area contributed by atoms with Crippen molar-refractivity contribution in [1.82, 2.24) is 0 Å². The molecule has 0 heterocycles. The lowest BCUT2D eigenvalue weighted by Crippen LogP contribution is -2.06. The molecule has 1 aromatic rings. The Morgan fingerprint density at radius 2 is 2.07 bits per heavy atom. The quantitative estimate of drug-likeness (QED) is 0.563. The van der Waals surface area contributed by atoms with E-state index in [0.717, 1.165) is 31.0 Å². The number of thioether (sulfide) groups is 1. The first-order chi connectivity index (χ1) is 6.61. The first-order valence-corrected chi connectivity index (χ1v) is 4.94. The maximum Gasteiger partial charge on any atom is 0.340 e. The summed E-state index contributed by atoms with van der Waals surface area (Å²) in [5.74, 6) is -2.36. The Bertz CT molecular complexity index is 366. The van der Waals surface area contributed by atoms with Crippen molar-refractivity contribution in [2.75, 3.05) is 13.4 Å². The Kier molecular flexibility index (Phi) is 3.46. The zero-order valence-corrected chi connectivity index (χ0v) is 8.45. The van der Waals surface area contributed by atoms with Gasteiger partial charge in [-0.25, -0.2) is 13.6 Å². The number of carbonyl (C=O) groups excluding carboxylic acids is 1. The summed E-state index contributed by atoms with van der Waals surface area (Å²) in [6.07, 6.45) is 1.53. The van der Waals surface area contributed by atoms with Gasteiger partial charge in [0.05, 0.1) is 17.6 Å². The number of methoxy groups -OCH3 is 1. The van der Waals surface area contributed by atoms with Gasteiger partial charge in [-0.05, 0) is 18.4 Å². The van der Waals surface area contributed by atoms with Gasteiger partial charge in [0.1, 0.15) is 5.82 Å². The highest BCUT2D eigenvalue weighted by Crippen LogP contribution is 2.25. The van der Waals surface area contributed by atoms with Crippen molar-refractivity contribution in [2.45, 2.75) is 4.90 Å². The normalized spacial score (nSPS) is 10.0. The second kappa shape index (κ2) is 4.41. The standard InChI is InChI=1S/C9H8F2O2S/c1-13-9(12)5-3-4-6(10)8(14-2)7(5)11/h3-4H,1-2H3. The Labute approximate surface area is 84.3 Å².